The molecule has 2 amide bonds. The SMILES string of the molecule is CC(C)CC(=O)NCCC(=O)NCCC1CCCNC1. The number of hydrogen-bond donors (Lipinski definition) is 3. The largest absolute Gasteiger partial charge is 0.356 e. The monoisotopic (exact) mass is 283 g/mol. The maximum Gasteiger partial charge on any atom is 0.221 e. The molecule has 0 radical (unpaired) electrons. The maximum absolute atomic E-state index is 11.6. The Bertz CT molecular complexity index is 299. The lowest BCUT2D eigenvalue weighted by molar-refractivity contribution is -0.122. The fraction of sp³-hybridized carbons (Fsp3) is 0.867. The van der Waals surface area contributed by atoms with Crippen LogP contribution >= 0.6 is 0 Å². The molecule has 1 aliphatic rings. The van der Waals surface area contributed by atoms with Gasteiger partial charge in [-0.3, -0.25) is 9.59 Å². The van der Waals surface area contributed by atoms with Crippen molar-refractivity contribution >= 4 is 11.8 Å². The minimum atomic E-state index is 0.0265. The zero-order valence-corrected chi connectivity index (χ0v) is 12.8. The van der Waals surface area contributed by atoms with E-state index in [0.717, 1.165) is 26.1 Å². The molecule has 0 aromatic carbocycles. The lowest BCUT2D eigenvalue weighted by atomic mass is 9.96. The summed E-state index contributed by atoms with van der Waals surface area (Å²) >= 11 is 0. The average Bonchev–Trinajstić information content (AvgIpc) is 2.39. The highest BCUT2D eigenvalue weighted by atomic mass is 16.2. The van der Waals surface area contributed by atoms with Gasteiger partial charge >= 0.3 is 0 Å². The van der Waals surface area contributed by atoms with E-state index in [0.29, 0.717) is 31.2 Å². The molecule has 1 atom stereocenters. The summed E-state index contributed by atoms with van der Waals surface area (Å²) in [6.45, 7) is 7.38. The van der Waals surface area contributed by atoms with E-state index in [1.165, 1.54) is 12.8 Å². The van der Waals surface area contributed by atoms with Crippen molar-refractivity contribution in [3.8, 4) is 0 Å². The van der Waals surface area contributed by atoms with Gasteiger partial charge in [0.15, 0.2) is 0 Å². The minimum Gasteiger partial charge on any atom is -0.356 e. The number of amides is 2. The third-order valence-corrected chi connectivity index (χ3v) is 3.54. The van der Waals surface area contributed by atoms with Crippen LogP contribution in [0.25, 0.3) is 0 Å². The van der Waals surface area contributed by atoms with E-state index in [2.05, 4.69) is 16.0 Å². The Morgan fingerprint density at radius 2 is 1.95 bits per heavy atom. The van der Waals surface area contributed by atoms with Gasteiger partial charge in [0.25, 0.3) is 0 Å². The van der Waals surface area contributed by atoms with Crippen molar-refractivity contribution in [1.29, 1.82) is 0 Å². The molecule has 0 saturated carbocycles. The number of carbonyl (C=O) groups is 2. The van der Waals surface area contributed by atoms with Crippen molar-refractivity contribution in [1.82, 2.24) is 16.0 Å². The molecule has 1 aliphatic heterocycles. The normalized spacial score (nSPS) is 18.9. The quantitative estimate of drug-likeness (QED) is 0.623. The lowest BCUT2D eigenvalue weighted by Gasteiger charge is -2.22. The molecule has 5 nitrogen and oxygen atoms in total. The molecule has 116 valence electrons. The fourth-order valence-corrected chi connectivity index (χ4v) is 2.43. The number of hydrogen-bond acceptors (Lipinski definition) is 3. The predicted molar refractivity (Wildman–Crippen MR) is 80.3 cm³/mol. The van der Waals surface area contributed by atoms with Gasteiger partial charge in [0.05, 0.1) is 0 Å². The molecular weight excluding hydrogens is 254 g/mol. The van der Waals surface area contributed by atoms with Gasteiger partial charge in [-0.15, -0.1) is 0 Å². The fourth-order valence-electron chi connectivity index (χ4n) is 2.43. The van der Waals surface area contributed by atoms with E-state index in [9.17, 15) is 9.59 Å². The van der Waals surface area contributed by atoms with E-state index in [1.54, 1.807) is 0 Å². The second-order valence-electron chi connectivity index (χ2n) is 6.05. The van der Waals surface area contributed by atoms with Crippen molar-refractivity contribution in [2.75, 3.05) is 26.2 Å². The number of rotatable bonds is 8. The summed E-state index contributed by atoms with van der Waals surface area (Å²) in [5.74, 6) is 1.10. The van der Waals surface area contributed by atoms with Crippen LogP contribution in [0.3, 0.4) is 0 Å². The Balaban J connectivity index is 1.98. The molecule has 20 heavy (non-hydrogen) atoms. The van der Waals surface area contributed by atoms with Crippen molar-refractivity contribution in [3.05, 3.63) is 0 Å². The Hall–Kier alpha value is -1.10. The summed E-state index contributed by atoms with van der Waals surface area (Å²) in [7, 11) is 0. The summed E-state index contributed by atoms with van der Waals surface area (Å²) in [5.41, 5.74) is 0. The van der Waals surface area contributed by atoms with E-state index >= 15 is 0 Å². The molecule has 0 spiro atoms. The molecule has 0 aromatic heterocycles. The highest BCUT2D eigenvalue weighted by Crippen LogP contribution is 2.12. The van der Waals surface area contributed by atoms with Crippen LogP contribution in [0.15, 0.2) is 0 Å². The first-order chi connectivity index (χ1) is 9.58. The smallest absolute Gasteiger partial charge is 0.221 e. The van der Waals surface area contributed by atoms with Crippen molar-refractivity contribution in [2.24, 2.45) is 11.8 Å². The molecule has 0 aliphatic carbocycles. The second kappa shape index (κ2) is 9.75. The number of carbonyl (C=O) groups excluding carboxylic acids is 2. The Morgan fingerprint density at radius 3 is 2.60 bits per heavy atom. The number of nitrogens with one attached hydrogen (secondary N) is 3. The van der Waals surface area contributed by atoms with Crippen LogP contribution in [0.1, 0.15) is 46.0 Å². The molecular formula is C15H29N3O2. The van der Waals surface area contributed by atoms with Crippen molar-refractivity contribution in [3.63, 3.8) is 0 Å². The lowest BCUT2D eigenvalue weighted by Crippen LogP contribution is -2.34. The van der Waals surface area contributed by atoms with Gasteiger partial charge in [0, 0.05) is 25.9 Å². The summed E-state index contributed by atoms with van der Waals surface area (Å²) in [6.07, 6.45) is 4.43. The molecule has 0 aromatic rings. The minimum absolute atomic E-state index is 0.0265. The molecule has 1 rings (SSSR count). The summed E-state index contributed by atoms with van der Waals surface area (Å²) in [4.78, 5) is 23.0. The maximum atomic E-state index is 11.6. The summed E-state index contributed by atoms with van der Waals surface area (Å²) in [6, 6.07) is 0. The molecule has 3 N–H and O–H groups in total. The summed E-state index contributed by atoms with van der Waals surface area (Å²) in [5, 5.41) is 9.08. The van der Waals surface area contributed by atoms with Crippen LogP contribution in [0.2, 0.25) is 0 Å². The molecule has 1 saturated heterocycles. The van der Waals surface area contributed by atoms with Gasteiger partial charge in [-0.05, 0) is 44.2 Å². The molecule has 0 bridgehead atoms. The average molecular weight is 283 g/mol. The van der Waals surface area contributed by atoms with Crippen LogP contribution < -0.4 is 16.0 Å². The highest BCUT2D eigenvalue weighted by molar-refractivity contribution is 5.78. The van der Waals surface area contributed by atoms with Crippen LogP contribution in [0, 0.1) is 11.8 Å². The second-order valence-corrected chi connectivity index (χ2v) is 6.05. The molecule has 5 heteroatoms. The molecule has 1 heterocycles. The van der Waals surface area contributed by atoms with E-state index in [1.807, 2.05) is 13.8 Å². The van der Waals surface area contributed by atoms with Gasteiger partial charge in [-0.25, -0.2) is 0 Å². The van der Waals surface area contributed by atoms with Gasteiger partial charge in [-0.2, -0.15) is 0 Å². The number of piperidine rings is 1. The summed E-state index contributed by atoms with van der Waals surface area (Å²) < 4.78 is 0. The van der Waals surface area contributed by atoms with Crippen LogP contribution in [0.4, 0.5) is 0 Å². The Labute approximate surface area is 122 Å². The third kappa shape index (κ3) is 8.15. The first kappa shape index (κ1) is 17.0. The van der Waals surface area contributed by atoms with E-state index in [4.69, 9.17) is 0 Å². The third-order valence-electron chi connectivity index (χ3n) is 3.54. The molecule has 1 fully saturated rings. The van der Waals surface area contributed by atoms with Gasteiger partial charge in [-0.1, -0.05) is 13.8 Å². The Kier molecular flexibility index (Phi) is 8.26. The van der Waals surface area contributed by atoms with E-state index in [-0.39, 0.29) is 11.8 Å². The van der Waals surface area contributed by atoms with Crippen LogP contribution in [-0.2, 0) is 9.59 Å². The van der Waals surface area contributed by atoms with E-state index < -0.39 is 0 Å². The van der Waals surface area contributed by atoms with Gasteiger partial charge in [0.2, 0.25) is 11.8 Å². The highest BCUT2D eigenvalue weighted by Gasteiger charge is 2.12. The Morgan fingerprint density at radius 1 is 1.20 bits per heavy atom. The van der Waals surface area contributed by atoms with Gasteiger partial charge in [0.1, 0.15) is 0 Å². The van der Waals surface area contributed by atoms with Crippen LogP contribution in [0.5, 0.6) is 0 Å². The predicted octanol–water partition coefficient (Wildman–Crippen LogP) is 1.04. The first-order valence-corrected chi connectivity index (χ1v) is 7.82. The first-order valence-electron chi connectivity index (χ1n) is 7.82. The zero-order chi connectivity index (χ0) is 14.8. The van der Waals surface area contributed by atoms with Crippen LogP contribution in [-0.4, -0.2) is 38.0 Å². The zero-order valence-electron chi connectivity index (χ0n) is 12.8. The topological polar surface area (TPSA) is 70.2 Å². The molecule has 1 unspecified atom stereocenters. The van der Waals surface area contributed by atoms with Crippen molar-refractivity contribution in [2.45, 2.75) is 46.0 Å². The van der Waals surface area contributed by atoms with Crippen molar-refractivity contribution < 1.29 is 9.59 Å². The standard InChI is InChI=1S/C15H29N3O2/c1-12(2)10-15(20)18-9-6-14(19)17-8-5-13-4-3-7-16-11-13/h12-13,16H,3-11H2,1-2H3,(H,17,19)(H,18,20). The van der Waals surface area contributed by atoms with Gasteiger partial charge < -0.3 is 16.0 Å².